The Morgan fingerprint density at radius 3 is 1.60 bits per heavy atom. The number of rotatable bonds is 2. The Morgan fingerprint density at radius 2 is 1.17 bits per heavy atom. The van der Waals surface area contributed by atoms with Gasteiger partial charge in [-0.2, -0.15) is 20.2 Å². The molecule has 7 rings (SSSR count). The number of nitriles is 2. The summed E-state index contributed by atoms with van der Waals surface area (Å²) in [7, 11) is 0. The van der Waals surface area contributed by atoms with Gasteiger partial charge in [0.15, 0.2) is 0 Å². The first-order valence-electron chi connectivity index (χ1n) is 14.4. The molecule has 206 valence electrons. The van der Waals surface area contributed by atoms with Crippen LogP contribution in [0.2, 0.25) is 0 Å². The van der Waals surface area contributed by atoms with Crippen LogP contribution >= 0.6 is 22.7 Å². The van der Waals surface area contributed by atoms with Crippen LogP contribution in [0.1, 0.15) is 85.1 Å². The topological polar surface area (TPSA) is 74.8 Å². The highest BCUT2D eigenvalue weighted by Crippen LogP contribution is 2.60. The van der Waals surface area contributed by atoms with Crippen LogP contribution in [0.3, 0.4) is 0 Å². The van der Waals surface area contributed by atoms with Gasteiger partial charge in [0.1, 0.15) is 53.6 Å². The molecule has 2 aliphatic carbocycles. The summed E-state index contributed by atoms with van der Waals surface area (Å²) in [6.07, 6.45) is 13.8. The van der Waals surface area contributed by atoms with Gasteiger partial charge in [0.2, 0.25) is 0 Å². The minimum atomic E-state index is -0.427. The lowest BCUT2D eigenvalue weighted by Gasteiger charge is -2.44. The molecule has 4 aliphatic rings. The van der Waals surface area contributed by atoms with Crippen molar-refractivity contribution in [3.05, 3.63) is 79.4 Å². The van der Waals surface area contributed by atoms with Gasteiger partial charge in [-0.25, -0.2) is 0 Å². The number of ether oxygens (including phenoxy) is 2. The maximum atomic E-state index is 9.39. The SMILES string of the molecule is [C-]#[N+]C(=Cc1cc2c(s1)-c1cc3c(cc1OC21CCCCC1)-c1sc(C=C(C#N)C#N)cc1C1(CCCCC1)O3)[N+]#[C-]. The van der Waals surface area contributed by atoms with Gasteiger partial charge in [0.05, 0.1) is 0 Å². The second-order valence-corrected chi connectivity index (χ2v) is 13.6. The maximum Gasteiger partial charge on any atom is 0.520 e. The fraction of sp³-hybridized carbons (Fsp3) is 0.353. The van der Waals surface area contributed by atoms with Gasteiger partial charge in [-0.1, -0.05) is 12.8 Å². The van der Waals surface area contributed by atoms with Crippen molar-refractivity contribution < 1.29 is 9.47 Å². The van der Waals surface area contributed by atoms with E-state index in [0.29, 0.717) is 0 Å². The number of fused-ring (bicyclic) bond motifs is 8. The molecule has 2 aromatic heterocycles. The molecule has 6 nitrogen and oxygen atoms in total. The average Bonchev–Trinajstić information content (AvgIpc) is 3.65. The summed E-state index contributed by atoms with van der Waals surface area (Å²) in [5, 5.41) is 18.8. The standard InChI is InChI=1S/C34H26N4O2S2/c1-37-30(38-2)16-23-15-27-32(42-23)25-18-28-24(17-29(25)40-34(27)11-7-4-8-12-34)31-26(33(39-28)9-5-3-6-10-33)14-22(41-31)13-21(19-35)20-36/h13-18H,3-12H2. The second-order valence-electron chi connectivity index (χ2n) is 11.4. The molecule has 42 heavy (non-hydrogen) atoms. The van der Waals surface area contributed by atoms with Gasteiger partial charge >= 0.3 is 5.82 Å². The summed E-state index contributed by atoms with van der Waals surface area (Å²) < 4.78 is 14.0. The molecule has 4 heterocycles. The van der Waals surface area contributed by atoms with Crippen molar-refractivity contribution in [1.82, 2.24) is 0 Å². The zero-order valence-corrected chi connectivity index (χ0v) is 24.6. The van der Waals surface area contributed by atoms with Crippen LogP contribution < -0.4 is 9.47 Å². The number of nitrogens with zero attached hydrogens (tertiary/aromatic N) is 4. The van der Waals surface area contributed by atoms with E-state index in [1.165, 1.54) is 12.8 Å². The maximum absolute atomic E-state index is 9.39. The van der Waals surface area contributed by atoms with Crippen LogP contribution in [0.15, 0.2) is 35.7 Å². The summed E-state index contributed by atoms with van der Waals surface area (Å²) >= 11 is 3.23. The van der Waals surface area contributed by atoms with Crippen LogP contribution in [-0.4, -0.2) is 0 Å². The molecule has 0 radical (unpaired) electrons. The second kappa shape index (κ2) is 10.2. The summed E-state index contributed by atoms with van der Waals surface area (Å²) in [4.78, 5) is 10.8. The molecule has 8 heteroatoms. The first-order chi connectivity index (χ1) is 20.5. The highest BCUT2D eigenvalue weighted by atomic mass is 32.1. The predicted octanol–water partition coefficient (Wildman–Crippen LogP) is 9.81. The van der Waals surface area contributed by atoms with E-state index in [4.69, 9.17) is 22.6 Å². The zero-order valence-electron chi connectivity index (χ0n) is 23.0. The molecule has 0 atom stereocenters. The van der Waals surface area contributed by atoms with E-state index >= 15 is 0 Å². The molecule has 0 amide bonds. The van der Waals surface area contributed by atoms with Crippen LogP contribution in [0.25, 0.3) is 42.7 Å². The van der Waals surface area contributed by atoms with E-state index in [1.54, 1.807) is 34.8 Å². The summed E-state index contributed by atoms with van der Waals surface area (Å²) in [6.45, 7) is 14.7. The Balaban J connectivity index is 1.42. The van der Waals surface area contributed by atoms with Gasteiger partial charge in [-0.15, -0.1) is 22.7 Å². The van der Waals surface area contributed by atoms with Crippen molar-refractivity contribution in [1.29, 1.82) is 10.5 Å². The highest BCUT2D eigenvalue weighted by Gasteiger charge is 2.47. The molecule has 0 N–H and O–H groups in total. The number of thiophene rings is 2. The van der Waals surface area contributed by atoms with Crippen molar-refractivity contribution in [2.45, 2.75) is 75.4 Å². The van der Waals surface area contributed by atoms with Gasteiger partial charge in [0.25, 0.3) is 0 Å². The number of allylic oxidation sites excluding steroid dienone is 1. The zero-order chi connectivity index (χ0) is 28.9. The molecule has 0 unspecified atom stereocenters. The van der Waals surface area contributed by atoms with Crippen LogP contribution in [0, 0.1) is 35.8 Å². The Hall–Kier alpha value is -4.34. The van der Waals surface area contributed by atoms with Crippen molar-refractivity contribution in [3.8, 4) is 44.5 Å². The van der Waals surface area contributed by atoms with E-state index in [9.17, 15) is 10.5 Å². The molecule has 1 aromatic carbocycles. The third kappa shape index (κ3) is 4.15. The third-order valence-electron chi connectivity index (χ3n) is 9.02. The van der Waals surface area contributed by atoms with E-state index in [0.717, 1.165) is 105 Å². The lowest BCUT2D eigenvalue weighted by molar-refractivity contribution is 0.0203. The van der Waals surface area contributed by atoms with E-state index in [2.05, 4.69) is 34.0 Å². The van der Waals surface area contributed by atoms with Crippen LogP contribution in [-0.2, 0) is 11.2 Å². The van der Waals surface area contributed by atoms with Crippen LogP contribution in [0.4, 0.5) is 0 Å². The minimum absolute atomic E-state index is 0.0616. The normalized spacial score (nSPS) is 18.2. The van der Waals surface area contributed by atoms with Crippen LogP contribution in [0.5, 0.6) is 11.5 Å². The van der Waals surface area contributed by atoms with E-state index < -0.39 is 11.2 Å². The fourth-order valence-corrected chi connectivity index (χ4v) is 9.51. The monoisotopic (exact) mass is 586 g/mol. The minimum Gasteiger partial charge on any atom is -0.482 e. The van der Waals surface area contributed by atoms with Gasteiger partial charge < -0.3 is 9.47 Å². The smallest absolute Gasteiger partial charge is 0.482 e. The van der Waals surface area contributed by atoms with Crippen molar-refractivity contribution >= 4 is 34.8 Å². The molecule has 0 saturated heterocycles. The Labute approximate surface area is 253 Å². The molecular formula is C34H26N4O2S2. The molecule has 2 saturated carbocycles. The summed E-state index contributed by atoms with van der Waals surface area (Å²) in [5.74, 6) is 1.74. The van der Waals surface area contributed by atoms with Gasteiger partial charge in [0, 0.05) is 47.8 Å². The Kier molecular flexibility index (Phi) is 6.44. The van der Waals surface area contributed by atoms with E-state index in [-0.39, 0.29) is 11.4 Å². The lowest BCUT2D eigenvalue weighted by Crippen LogP contribution is -2.38. The number of benzene rings is 1. The molecule has 2 aliphatic heterocycles. The van der Waals surface area contributed by atoms with Crippen molar-refractivity contribution in [2.24, 2.45) is 0 Å². The first kappa shape index (κ1) is 26.6. The van der Waals surface area contributed by atoms with Crippen molar-refractivity contribution in [3.63, 3.8) is 0 Å². The Bertz CT molecular complexity index is 1680. The molecule has 0 bridgehead atoms. The van der Waals surface area contributed by atoms with Gasteiger partial charge in [-0.3, -0.25) is 0 Å². The van der Waals surface area contributed by atoms with Crippen molar-refractivity contribution in [2.75, 3.05) is 0 Å². The number of hydrogen-bond donors (Lipinski definition) is 0. The first-order valence-corrected chi connectivity index (χ1v) is 16.0. The molecular weight excluding hydrogens is 561 g/mol. The molecule has 2 fully saturated rings. The highest BCUT2D eigenvalue weighted by molar-refractivity contribution is 7.17. The third-order valence-corrected chi connectivity index (χ3v) is 11.2. The largest absolute Gasteiger partial charge is 0.520 e. The van der Waals surface area contributed by atoms with Gasteiger partial charge in [-0.05, 0) is 81.7 Å². The molecule has 3 aromatic rings. The predicted molar refractivity (Wildman–Crippen MR) is 164 cm³/mol. The lowest BCUT2D eigenvalue weighted by atomic mass is 9.76. The summed E-state index contributed by atoms with van der Waals surface area (Å²) in [6, 6.07) is 12.5. The molecule has 2 spiro atoms. The fourth-order valence-electron chi connectivity index (χ4n) is 7.09. The Morgan fingerprint density at radius 1 is 0.714 bits per heavy atom. The number of hydrogen-bond acceptors (Lipinski definition) is 6. The quantitative estimate of drug-likeness (QED) is 0.221. The average molecular weight is 587 g/mol. The van der Waals surface area contributed by atoms with E-state index in [1.807, 2.05) is 12.1 Å². The summed E-state index contributed by atoms with van der Waals surface area (Å²) in [5.41, 5.74) is 3.55.